The average molecular weight is 323 g/mol. The molecule has 1 N–H and O–H groups in total. The van der Waals surface area contributed by atoms with Crippen LogP contribution < -0.4 is 5.32 Å². The highest BCUT2D eigenvalue weighted by atomic mass is 19.2. The van der Waals surface area contributed by atoms with Gasteiger partial charge in [-0.3, -0.25) is 0 Å². The number of hydrogen-bond donors (Lipinski definition) is 1. The molecule has 2 heterocycles. The van der Waals surface area contributed by atoms with E-state index in [1.807, 2.05) is 0 Å². The molecule has 0 saturated carbocycles. The van der Waals surface area contributed by atoms with Crippen LogP contribution in [0.1, 0.15) is 25.7 Å². The number of anilines is 1. The van der Waals surface area contributed by atoms with Crippen LogP contribution in [0, 0.1) is 17.6 Å². The summed E-state index contributed by atoms with van der Waals surface area (Å²) in [6.07, 6.45) is 4.87. The van der Waals surface area contributed by atoms with Crippen molar-refractivity contribution in [3.63, 3.8) is 0 Å². The predicted molar refractivity (Wildman–Crippen MR) is 85.3 cm³/mol. The lowest BCUT2D eigenvalue weighted by Crippen LogP contribution is -2.37. The Labute approximate surface area is 135 Å². The summed E-state index contributed by atoms with van der Waals surface area (Å²) in [5.74, 6) is -1.36. The highest BCUT2D eigenvalue weighted by molar-refractivity contribution is 5.89. The molecule has 2 aliphatic rings. The highest BCUT2D eigenvalue weighted by Crippen LogP contribution is 2.21. The summed E-state index contributed by atoms with van der Waals surface area (Å²) in [7, 11) is 0. The topological polar surface area (TPSA) is 35.6 Å². The van der Waals surface area contributed by atoms with Crippen LogP contribution in [0.2, 0.25) is 0 Å². The molecule has 1 atom stereocenters. The van der Waals surface area contributed by atoms with E-state index in [0.717, 1.165) is 44.7 Å². The minimum Gasteiger partial charge on any atom is -0.324 e. The number of rotatable bonds is 3. The largest absolute Gasteiger partial charge is 0.324 e. The summed E-state index contributed by atoms with van der Waals surface area (Å²) < 4.78 is 26.1. The van der Waals surface area contributed by atoms with E-state index >= 15 is 0 Å². The molecular formula is C17H23F2N3O. The fourth-order valence-electron chi connectivity index (χ4n) is 3.45. The lowest BCUT2D eigenvalue weighted by atomic mass is 10.1. The van der Waals surface area contributed by atoms with E-state index in [-0.39, 0.29) is 11.7 Å². The number of benzene rings is 1. The first-order chi connectivity index (χ1) is 11.1. The van der Waals surface area contributed by atoms with Gasteiger partial charge in [0.2, 0.25) is 0 Å². The van der Waals surface area contributed by atoms with Crippen LogP contribution in [0.15, 0.2) is 18.2 Å². The van der Waals surface area contributed by atoms with Gasteiger partial charge in [0.05, 0.1) is 0 Å². The van der Waals surface area contributed by atoms with Crippen molar-refractivity contribution in [2.45, 2.75) is 25.7 Å². The third kappa shape index (κ3) is 4.19. The van der Waals surface area contributed by atoms with Gasteiger partial charge in [0.1, 0.15) is 0 Å². The minimum atomic E-state index is -0.952. The van der Waals surface area contributed by atoms with E-state index in [2.05, 4.69) is 10.2 Å². The maximum atomic E-state index is 13.2. The monoisotopic (exact) mass is 323 g/mol. The Kier molecular flexibility index (Phi) is 5.10. The van der Waals surface area contributed by atoms with Crippen molar-refractivity contribution in [1.29, 1.82) is 0 Å². The van der Waals surface area contributed by atoms with Gasteiger partial charge in [-0.2, -0.15) is 0 Å². The number of carbonyl (C=O) groups is 1. The summed E-state index contributed by atoms with van der Waals surface area (Å²) in [5.41, 5.74) is 0.286. The van der Waals surface area contributed by atoms with E-state index in [1.54, 1.807) is 4.90 Å². The maximum absolute atomic E-state index is 13.2. The second-order valence-corrected chi connectivity index (χ2v) is 6.52. The molecule has 2 amide bonds. The smallest absolute Gasteiger partial charge is 0.321 e. The number of nitrogens with zero attached hydrogens (tertiary/aromatic N) is 2. The Hall–Kier alpha value is -1.69. The fraction of sp³-hybridized carbons (Fsp3) is 0.588. The van der Waals surface area contributed by atoms with Gasteiger partial charge in [0.15, 0.2) is 11.6 Å². The first kappa shape index (κ1) is 16.2. The molecule has 2 saturated heterocycles. The van der Waals surface area contributed by atoms with Crippen LogP contribution in [0.3, 0.4) is 0 Å². The van der Waals surface area contributed by atoms with E-state index in [1.165, 1.54) is 25.3 Å². The zero-order valence-electron chi connectivity index (χ0n) is 13.2. The first-order valence-electron chi connectivity index (χ1n) is 8.35. The van der Waals surface area contributed by atoms with Crippen molar-refractivity contribution in [3.8, 4) is 0 Å². The first-order valence-corrected chi connectivity index (χ1v) is 8.35. The van der Waals surface area contributed by atoms with Crippen molar-refractivity contribution >= 4 is 11.7 Å². The van der Waals surface area contributed by atoms with Crippen LogP contribution in [-0.2, 0) is 0 Å². The summed E-state index contributed by atoms with van der Waals surface area (Å²) in [5, 5.41) is 2.64. The molecule has 0 radical (unpaired) electrons. The van der Waals surface area contributed by atoms with Gasteiger partial charge in [0, 0.05) is 31.4 Å². The third-order valence-electron chi connectivity index (χ3n) is 4.71. The molecule has 126 valence electrons. The van der Waals surface area contributed by atoms with Crippen LogP contribution >= 0.6 is 0 Å². The molecule has 3 rings (SSSR count). The SMILES string of the molecule is O=C(Nc1ccc(F)c(F)c1)N1CCC(CN2CCCCC2)C1. The van der Waals surface area contributed by atoms with Crippen LogP contribution in [0.5, 0.6) is 0 Å². The molecule has 0 spiro atoms. The third-order valence-corrected chi connectivity index (χ3v) is 4.71. The second-order valence-electron chi connectivity index (χ2n) is 6.52. The van der Waals surface area contributed by atoms with Crippen molar-refractivity contribution in [2.75, 3.05) is 38.0 Å². The molecule has 2 fully saturated rings. The molecular weight excluding hydrogens is 300 g/mol. The number of nitrogens with one attached hydrogen (secondary N) is 1. The van der Waals surface area contributed by atoms with Crippen LogP contribution in [0.25, 0.3) is 0 Å². The number of carbonyl (C=O) groups excluding carboxylic acids is 1. The normalized spacial score (nSPS) is 22.3. The number of piperidine rings is 1. The summed E-state index contributed by atoms with van der Waals surface area (Å²) in [6, 6.07) is 3.16. The molecule has 1 unspecified atom stereocenters. The lowest BCUT2D eigenvalue weighted by Gasteiger charge is -2.29. The molecule has 1 aromatic rings. The van der Waals surface area contributed by atoms with Crippen molar-refractivity contribution in [2.24, 2.45) is 5.92 Å². The maximum Gasteiger partial charge on any atom is 0.321 e. The molecule has 1 aromatic carbocycles. The van der Waals surface area contributed by atoms with E-state index in [4.69, 9.17) is 0 Å². The number of hydrogen-bond acceptors (Lipinski definition) is 2. The van der Waals surface area contributed by atoms with Gasteiger partial charge in [-0.05, 0) is 50.4 Å². The van der Waals surface area contributed by atoms with Gasteiger partial charge < -0.3 is 15.1 Å². The lowest BCUT2D eigenvalue weighted by molar-refractivity contribution is 0.192. The quantitative estimate of drug-likeness (QED) is 0.926. The van der Waals surface area contributed by atoms with Crippen LogP contribution in [0.4, 0.5) is 19.3 Å². The van der Waals surface area contributed by atoms with E-state index < -0.39 is 11.6 Å². The molecule has 6 heteroatoms. The Morgan fingerprint density at radius 1 is 1.13 bits per heavy atom. The van der Waals surface area contributed by atoms with E-state index in [0.29, 0.717) is 12.5 Å². The average Bonchev–Trinajstić information content (AvgIpc) is 3.00. The number of halogens is 2. The van der Waals surface area contributed by atoms with Gasteiger partial charge in [-0.15, -0.1) is 0 Å². The van der Waals surface area contributed by atoms with Gasteiger partial charge in [-0.1, -0.05) is 6.42 Å². The zero-order chi connectivity index (χ0) is 16.2. The van der Waals surface area contributed by atoms with Crippen molar-refractivity contribution in [1.82, 2.24) is 9.80 Å². The summed E-state index contributed by atoms with van der Waals surface area (Å²) >= 11 is 0. The standard InChI is InChI=1S/C17H23F2N3O/c18-15-5-4-14(10-16(15)19)20-17(23)22-9-6-13(12-22)11-21-7-2-1-3-8-21/h4-5,10,13H,1-3,6-9,11-12H2,(H,20,23). The molecule has 4 nitrogen and oxygen atoms in total. The Morgan fingerprint density at radius 3 is 2.65 bits per heavy atom. The molecule has 0 aromatic heterocycles. The number of likely N-dealkylation sites (tertiary alicyclic amines) is 2. The zero-order valence-corrected chi connectivity index (χ0v) is 13.2. The van der Waals surface area contributed by atoms with Crippen molar-refractivity contribution < 1.29 is 13.6 Å². The summed E-state index contributed by atoms with van der Waals surface area (Å²) in [6.45, 7) is 4.82. The van der Waals surface area contributed by atoms with Crippen LogP contribution in [-0.4, -0.2) is 48.6 Å². The van der Waals surface area contributed by atoms with Gasteiger partial charge >= 0.3 is 6.03 Å². The Morgan fingerprint density at radius 2 is 1.91 bits per heavy atom. The Balaban J connectivity index is 1.49. The predicted octanol–water partition coefficient (Wildman–Crippen LogP) is 3.30. The highest BCUT2D eigenvalue weighted by Gasteiger charge is 2.28. The Bertz CT molecular complexity index is 561. The molecule has 0 aliphatic carbocycles. The summed E-state index contributed by atoms with van der Waals surface area (Å²) in [4.78, 5) is 16.5. The van der Waals surface area contributed by atoms with Gasteiger partial charge in [-0.25, -0.2) is 13.6 Å². The van der Waals surface area contributed by atoms with Gasteiger partial charge in [0.25, 0.3) is 0 Å². The molecule has 23 heavy (non-hydrogen) atoms. The fourth-order valence-corrected chi connectivity index (χ4v) is 3.45. The molecule has 0 bridgehead atoms. The minimum absolute atomic E-state index is 0.239. The second kappa shape index (κ2) is 7.25. The number of urea groups is 1. The van der Waals surface area contributed by atoms with Crippen molar-refractivity contribution in [3.05, 3.63) is 29.8 Å². The number of amides is 2. The van der Waals surface area contributed by atoms with E-state index in [9.17, 15) is 13.6 Å². The molecule has 2 aliphatic heterocycles.